The number of aromatic amines is 1. The van der Waals surface area contributed by atoms with Crippen molar-refractivity contribution in [2.45, 2.75) is 46.8 Å². The lowest BCUT2D eigenvalue weighted by molar-refractivity contribution is -0.132. The van der Waals surface area contributed by atoms with Crippen molar-refractivity contribution in [3.63, 3.8) is 0 Å². The summed E-state index contributed by atoms with van der Waals surface area (Å²) in [6.45, 7) is 7.86. The van der Waals surface area contributed by atoms with Crippen LogP contribution >= 0.6 is 12.2 Å². The molecule has 9 heteroatoms. The maximum Gasteiger partial charge on any atom is 0.279 e. The largest absolute Gasteiger partial charge is 0.481 e. The first-order valence-corrected chi connectivity index (χ1v) is 10.7. The fourth-order valence-electron chi connectivity index (χ4n) is 3.05. The molecule has 0 spiro atoms. The molecule has 3 N–H and O–H groups in total. The van der Waals surface area contributed by atoms with Crippen molar-refractivity contribution < 1.29 is 14.3 Å². The molecule has 0 bridgehead atoms. The second-order valence-electron chi connectivity index (χ2n) is 7.62. The maximum absolute atomic E-state index is 12.3. The van der Waals surface area contributed by atoms with Crippen LogP contribution in [0.3, 0.4) is 0 Å². The van der Waals surface area contributed by atoms with Crippen LogP contribution in [0.2, 0.25) is 0 Å². The third-order valence-electron chi connectivity index (χ3n) is 5.18. The normalized spacial score (nSPS) is 11.6. The highest BCUT2D eigenvalue weighted by atomic mass is 32.1. The minimum absolute atomic E-state index is 0.110. The van der Waals surface area contributed by atoms with Crippen LogP contribution in [-0.2, 0) is 16.1 Å². The Bertz CT molecular complexity index is 1170. The van der Waals surface area contributed by atoms with Crippen LogP contribution in [0.5, 0.6) is 5.75 Å². The van der Waals surface area contributed by atoms with Gasteiger partial charge in [0.1, 0.15) is 5.75 Å². The van der Waals surface area contributed by atoms with Gasteiger partial charge in [0.05, 0.1) is 0 Å². The summed E-state index contributed by atoms with van der Waals surface area (Å²) in [7, 11) is 0. The minimum atomic E-state index is -0.772. The van der Waals surface area contributed by atoms with E-state index in [4.69, 9.17) is 17.0 Å². The number of nitrogens with zero attached hydrogens (tertiary/aromatic N) is 2. The standard InChI is InChI=1S/C23H27N5O3S/c1-14-8-10-18(11-9-14)21-25-27-23(32)28(21)13-12-20(29)24-26-22(30)17(4)31-19-7-5-6-15(2)16(19)3/h5-11,17H,12-13H2,1-4H3,(H,24,29)(H,26,30)(H,27,32)/t17-/m0/s1. The SMILES string of the molecule is Cc1ccc(-c2n[nH]c(=S)n2CCC(=O)NNC(=O)[C@H](C)Oc2cccc(C)c2C)cc1. The zero-order valence-electron chi connectivity index (χ0n) is 18.6. The van der Waals surface area contributed by atoms with E-state index in [0.29, 0.717) is 22.9 Å². The molecule has 168 valence electrons. The smallest absolute Gasteiger partial charge is 0.279 e. The molecular weight excluding hydrogens is 426 g/mol. The molecule has 8 nitrogen and oxygen atoms in total. The summed E-state index contributed by atoms with van der Waals surface area (Å²) >= 11 is 5.30. The van der Waals surface area contributed by atoms with E-state index < -0.39 is 12.0 Å². The van der Waals surface area contributed by atoms with Crippen molar-refractivity contribution in [2.24, 2.45) is 0 Å². The molecule has 1 heterocycles. The van der Waals surface area contributed by atoms with Gasteiger partial charge in [0.2, 0.25) is 5.91 Å². The van der Waals surface area contributed by atoms with Gasteiger partial charge < -0.3 is 4.74 Å². The Labute approximate surface area is 192 Å². The Balaban J connectivity index is 1.53. The highest BCUT2D eigenvalue weighted by Gasteiger charge is 2.17. The Morgan fingerprint density at radius 2 is 1.84 bits per heavy atom. The van der Waals surface area contributed by atoms with Crippen LogP contribution in [0.4, 0.5) is 0 Å². The van der Waals surface area contributed by atoms with E-state index in [2.05, 4.69) is 21.0 Å². The van der Waals surface area contributed by atoms with Gasteiger partial charge >= 0.3 is 0 Å². The van der Waals surface area contributed by atoms with E-state index in [-0.39, 0.29) is 12.3 Å². The zero-order valence-corrected chi connectivity index (χ0v) is 19.4. The molecule has 3 rings (SSSR count). The van der Waals surface area contributed by atoms with Crippen LogP contribution in [0.25, 0.3) is 11.4 Å². The summed E-state index contributed by atoms with van der Waals surface area (Å²) in [5, 5.41) is 7.04. The van der Waals surface area contributed by atoms with E-state index >= 15 is 0 Å². The number of nitrogens with one attached hydrogen (secondary N) is 3. The zero-order chi connectivity index (χ0) is 23.3. The lowest BCUT2D eigenvalue weighted by Crippen LogP contribution is -2.47. The first-order chi connectivity index (χ1) is 15.3. The van der Waals surface area contributed by atoms with Crippen molar-refractivity contribution in [3.8, 4) is 17.1 Å². The van der Waals surface area contributed by atoms with Gasteiger partial charge in [-0.2, -0.15) is 5.10 Å². The van der Waals surface area contributed by atoms with Crippen molar-refractivity contribution >= 4 is 24.0 Å². The Hall–Kier alpha value is -3.46. The number of aromatic nitrogens is 3. The molecular formula is C23H27N5O3S. The number of carbonyl (C=O) groups is 2. The summed E-state index contributed by atoms with van der Waals surface area (Å²) in [5.74, 6) is 0.495. The molecule has 2 amide bonds. The second-order valence-corrected chi connectivity index (χ2v) is 8.00. The van der Waals surface area contributed by atoms with E-state index in [0.717, 1.165) is 22.3 Å². The highest BCUT2D eigenvalue weighted by molar-refractivity contribution is 7.71. The van der Waals surface area contributed by atoms with Crippen molar-refractivity contribution in [1.82, 2.24) is 25.6 Å². The van der Waals surface area contributed by atoms with Gasteiger partial charge in [-0.25, -0.2) is 0 Å². The number of benzene rings is 2. The summed E-state index contributed by atoms with van der Waals surface area (Å²) in [6, 6.07) is 13.5. The second kappa shape index (κ2) is 10.2. The predicted molar refractivity (Wildman–Crippen MR) is 124 cm³/mol. The molecule has 0 saturated carbocycles. The molecule has 3 aromatic rings. The first-order valence-electron chi connectivity index (χ1n) is 10.3. The number of ether oxygens (including phenoxy) is 1. The Morgan fingerprint density at radius 1 is 1.12 bits per heavy atom. The van der Waals surface area contributed by atoms with E-state index in [9.17, 15) is 9.59 Å². The van der Waals surface area contributed by atoms with Gasteiger partial charge in [0.25, 0.3) is 5.91 Å². The molecule has 1 aromatic heterocycles. The fourth-order valence-corrected chi connectivity index (χ4v) is 3.28. The van der Waals surface area contributed by atoms with Gasteiger partial charge in [0, 0.05) is 18.5 Å². The van der Waals surface area contributed by atoms with Crippen LogP contribution in [0.1, 0.15) is 30.0 Å². The van der Waals surface area contributed by atoms with E-state index in [1.54, 1.807) is 11.5 Å². The summed E-state index contributed by atoms with van der Waals surface area (Å²) in [6.07, 6.45) is -0.661. The monoisotopic (exact) mass is 453 g/mol. The molecule has 2 aromatic carbocycles. The molecule has 0 radical (unpaired) electrons. The molecule has 32 heavy (non-hydrogen) atoms. The third kappa shape index (κ3) is 5.61. The predicted octanol–water partition coefficient (Wildman–Crippen LogP) is 3.54. The van der Waals surface area contributed by atoms with Gasteiger partial charge in [-0.3, -0.25) is 30.1 Å². The van der Waals surface area contributed by atoms with Crippen LogP contribution in [0.15, 0.2) is 42.5 Å². The Kier molecular flexibility index (Phi) is 7.42. The molecule has 1 atom stereocenters. The number of carbonyl (C=O) groups excluding carboxylic acids is 2. The molecule has 0 saturated heterocycles. The van der Waals surface area contributed by atoms with Crippen molar-refractivity contribution in [1.29, 1.82) is 0 Å². The molecule has 0 aliphatic rings. The molecule has 0 fully saturated rings. The van der Waals surface area contributed by atoms with E-state index in [1.165, 1.54) is 0 Å². The average Bonchev–Trinajstić information content (AvgIpc) is 3.14. The number of amides is 2. The van der Waals surface area contributed by atoms with Crippen LogP contribution < -0.4 is 15.6 Å². The average molecular weight is 454 g/mol. The number of H-pyrrole nitrogens is 1. The summed E-state index contributed by atoms with van der Waals surface area (Å²) in [4.78, 5) is 24.6. The van der Waals surface area contributed by atoms with E-state index in [1.807, 2.05) is 63.2 Å². The van der Waals surface area contributed by atoms with Crippen molar-refractivity contribution in [2.75, 3.05) is 0 Å². The number of rotatable bonds is 7. The lowest BCUT2D eigenvalue weighted by atomic mass is 10.1. The fraction of sp³-hybridized carbons (Fsp3) is 0.304. The number of hydrogen-bond donors (Lipinski definition) is 3. The highest BCUT2D eigenvalue weighted by Crippen LogP contribution is 2.22. The summed E-state index contributed by atoms with van der Waals surface area (Å²) in [5.41, 5.74) is 8.92. The van der Waals surface area contributed by atoms with Gasteiger partial charge in [-0.1, -0.05) is 42.0 Å². The topological polar surface area (TPSA) is 101 Å². The number of hydrazine groups is 1. The van der Waals surface area contributed by atoms with Gasteiger partial charge in [-0.15, -0.1) is 0 Å². The molecule has 0 aliphatic carbocycles. The third-order valence-corrected chi connectivity index (χ3v) is 5.50. The van der Waals surface area contributed by atoms with Gasteiger partial charge in [-0.05, 0) is 57.1 Å². The first kappa shape index (κ1) is 23.2. The Morgan fingerprint density at radius 3 is 2.56 bits per heavy atom. The molecule has 0 aliphatic heterocycles. The minimum Gasteiger partial charge on any atom is -0.481 e. The maximum atomic E-state index is 12.3. The summed E-state index contributed by atoms with van der Waals surface area (Å²) < 4.78 is 7.92. The number of hydrogen-bond acceptors (Lipinski definition) is 5. The lowest BCUT2D eigenvalue weighted by Gasteiger charge is -2.17. The molecule has 0 unspecified atom stereocenters. The van der Waals surface area contributed by atoms with Crippen molar-refractivity contribution in [3.05, 3.63) is 63.9 Å². The van der Waals surface area contributed by atoms with Gasteiger partial charge in [0.15, 0.2) is 16.7 Å². The van der Waals surface area contributed by atoms with Crippen LogP contribution in [-0.4, -0.2) is 32.7 Å². The van der Waals surface area contributed by atoms with Crippen LogP contribution in [0, 0.1) is 25.5 Å². The quantitative estimate of drug-likeness (QED) is 0.375. The number of aryl methyl sites for hydroxylation is 2.